The number of benzene rings is 2. The van der Waals surface area contributed by atoms with Crippen LogP contribution in [0.3, 0.4) is 0 Å². The van der Waals surface area contributed by atoms with Crippen LogP contribution in [0.4, 0.5) is 17.6 Å². The van der Waals surface area contributed by atoms with E-state index in [1.54, 1.807) is 13.0 Å². The van der Waals surface area contributed by atoms with E-state index in [1.165, 1.54) is 18.2 Å². The van der Waals surface area contributed by atoms with Crippen molar-refractivity contribution < 1.29 is 22.7 Å². The normalized spacial score (nSPS) is 11.6. The minimum absolute atomic E-state index is 0.0483. The average molecular weight is 270 g/mol. The fourth-order valence-electron chi connectivity index (χ4n) is 1.85. The van der Waals surface area contributed by atoms with E-state index in [9.17, 15) is 22.7 Å². The third-order valence-corrected chi connectivity index (χ3v) is 2.67. The Morgan fingerprint density at radius 2 is 1.63 bits per heavy atom. The first-order valence-electron chi connectivity index (χ1n) is 5.45. The molecule has 0 unspecified atom stereocenters. The van der Waals surface area contributed by atoms with Crippen LogP contribution >= 0.6 is 0 Å². The monoisotopic (exact) mass is 270 g/mol. The summed E-state index contributed by atoms with van der Waals surface area (Å²) in [4.78, 5) is 0. The van der Waals surface area contributed by atoms with Gasteiger partial charge in [-0.15, -0.1) is 0 Å². The Balaban J connectivity index is 2.58. The summed E-state index contributed by atoms with van der Waals surface area (Å²) < 4.78 is 51.0. The average Bonchev–Trinajstić information content (AvgIpc) is 2.26. The van der Waals surface area contributed by atoms with Crippen molar-refractivity contribution in [2.24, 2.45) is 0 Å². The van der Waals surface area contributed by atoms with Gasteiger partial charge in [-0.3, -0.25) is 0 Å². The number of aryl methyl sites for hydroxylation is 1. The van der Waals surface area contributed by atoms with Crippen LogP contribution in [0.15, 0.2) is 36.4 Å². The molecule has 0 aromatic heterocycles. The van der Waals surface area contributed by atoms with Crippen LogP contribution in [-0.2, 0) is 6.18 Å². The highest BCUT2D eigenvalue weighted by atomic mass is 19.4. The molecule has 0 fully saturated rings. The predicted molar refractivity (Wildman–Crippen MR) is 63.2 cm³/mol. The van der Waals surface area contributed by atoms with Crippen LogP contribution in [0.5, 0.6) is 5.75 Å². The van der Waals surface area contributed by atoms with Gasteiger partial charge in [-0.25, -0.2) is 4.39 Å². The van der Waals surface area contributed by atoms with Crippen LogP contribution in [-0.4, -0.2) is 5.11 Å². The second-order valence-electron chi connectivity index (χ2n) is 4.25. The Morgan fingerprint density at radius 3 is 2.21 bits per heavy atom. The maximum Gasteiger partial charge on any atom is 0.419 e. The number of halogens is 4. The smallest absolute Gasteiger partial charge is 0.419 e. The zero-order valence-electron chi connectivity index (χ0n) is 9.92. The van der Waals surface area contributed by atoms with E-state index in [4.69, 9.17) is 0 Å². The summed E-state index contributed by atoms with van der Waals surface area (Å²) >= 11 is 0. The van der Waals surface area contributed by atoms with Crippen molar-refractivity contribution in [1.29, 1.82) is 0 Å². The maximum atomic E-state index is 13.2. The van der Waals surface area contributed by atoms with Crippen LogP contribution in [0.25, 0.3) is 11.1 Å². The molecule has 5 heteroatoms. The zero-order valence-corrected chi connectivity index (χ0v) is 9.92. The SMILES string of the molecule is Cc1cc(O)cc(-c2ccc(F)c(C(F)(F)F)c2)c1. The molecule has 2 aromatic carbocycles. The molecule has 0 saturated carbocycles. The van der Waals surface area contributed by atoms with Gasteiger partial charge in [0, 0.05) is 0 Å². The lowest BCUT2D eigenvalue weighted by atomic mass is 10.0. The number of phenols is 1. The Labute approximate surface area is 107 Å². The summed E-state index contributed by atoms with van der Waals surface area (Å²) in [5.74, 6) is -1.36. The van der Waals surface area contributed by atoms with E-state index in [-0.39, 0.29) is 11.3 Å². The van der Waals surface area contributed by atoms with Crippen LogP contribution in [0, 0.1) is 12.7 Å². The van der Waals surface area contributed by atoms with Crippen molar-refractivity contribution in [2.45, 2.75) is 13.1 Å². The fraction of sp³-hybridized carbons (Fsp3) is 0.143. The number of hydrogen-bond donors (Lipinski definition) is 1. The molecule has 0 heterocycles. The van der Waals surface area contributed by atoms with E-state index < -0.39 is 17.6 Å². The van der Waals surface area contributed by atoms with Gasteiger partial charge in [-0.1, -0.05) is 12.1 Å². The Kier molecular flexibility index (Phi) is 3.22. The number of rotatable bonds is 1. The lowest BCUT2D eigenvalue weighted by Crippen LogP contribution is -2.08. The van der Waals surface area contributed by atoms with Crippen molar-refractivity contribution in [1.82, 2.24) is 0 Å². The molecule has 1 nitrogen and oxygen atoms in total. The van der Waals surface area contributed by atoms with E-state index in [1.807, 2.05) is 0 Å². The molecule has 2 aromatic rings. The molecule has 2 rings (SSSR count). The lowest BCUT2D eigenvalue weighted by molar-refractivity contribution is -0.139. The van der Waals surface area contributed by atoms with Gasteiger partial charge in [0.1, 0.15) is 11.6 Å². The maximum absolute atomic E-state index is 13.2. The van der Waals surface area contributed by atoms with Gasteiger partial charge in [-0.2, -0.15) is 13.2 Å². The summed E-state index contributed by atoms with van der Waals surface area (Å²) in [6.45, 7) is 1.71. The van der Waals surface area contributed by atoms with Crippen LogP contribution in [0.2, 0.25) is 0 Å². The van der Waals surface area contributed by atoms with Gasteiger partial charge >= 0.3 is 6.18 Å². The first-order chi connectivity index (χ1) is 8.77. The van der Waals surface area contributed by atoms with Gasteiger partial charge in [-0.05, 0) is 47.9 Å². The molecule has 0 aliphatic rings. The molecule has 0 amide bonds. The molecular formula is C14H10F4O. The van der Waals surface area contributed by atoms with Gasteiger partial charge in [0.25, 0.3) is 0 Å². The highest BCUT2D eigenvalue weighted by Gasteiger charge is 2.34. The molecular weight excluding hydrogens is 260 g/mol. The molecule has 0 saturated heterocycles. The predicted octanol–water partition coefficient (Wildman–Crippen LogP) is 4.53. The molecule has 100 valence electrons. The number of phenolic OH excluding ortho intramolecular Hbond substituents is 1. The molecule has 0 aliphatic heterocycles. The third kappa shape index (κ3) is 2.86. The molecule has 0 aliphatic carbocycles. The quantitative estimate of drug-likeness (QED) is 0.755. The zero-order chi connectivity index (χ0) is 14.2. The molecule has 0 atom stereocenters. The second kappa shape index (κ2) is 4.57. The highest BCUT2D eigenvalue weighted by Crippen LogP contribution is 2.35. The van der Waals surface area contributed by atoms with E-state index in [0.29, 0.717) is 11.1 Å². The number of aromatic hydroxyl groups is 1. The summed E-state index contributed by atoms with van der Waals surface area (Å²) in [5, 5.41) is 9.44. The van der Waals surface area contributed by atoms with E-state index >= 15 is 0 Å². The molecule has 0 bridgehead atoms. The summed E-state index contributed by atoms with van der Waals surface area (Å²) in [6, 6.07) is 7.20. The van der Waals surface area contributed by atoms with E-state index in [2.05, 4.69) is 0 Å². The van der Waals surface area contributed by atoms with Crippen LogP contribution < -0.4 is 0 Å². The van der Waals surface area contributed by atoms with Crippen LogP contribution in [0.1, 0.15) is 11.1 Å². The van der Waals surface area contributed by atoms with Crippen molar-refractivity contribution in [2.75, 3.05) is 0 Å². The summed E-state index contributed by atoms with van der Waals surface area (Å²) in [7, 11) is 0. The standard InChI is InChI=1S/C14H10F4O/c1-8-4-10(6-11(19)5-8)9-2-3-13(15)12(7-9)14(16,17)18/h2-7,19H,1H3. The second-order valence-corrected chi connectivity index (χ2v) is 4.25. The largest absolute Gasteiger partial charge is 0.508 e. The molecule has 0 radical (unpaired) electrons. The topological polar surface area (TPSA) is 20.2 Å². The van der Waals surface area contributed by atoms with Gasteiger partial charge in [0.2, 0.25) is 0 Å². The Bertz CT molecular complexity index is 597. The van der Waals surface area contributed by atoms with Gasteiger partial charge < -0.3 is 5.11 Å². The summed E-state index contributed by atoms with van der Waals surface area (Å²) in [5.41, 5.74) is -0.00500. The molecule has 1 N–H and O–H groups in total. The minimum Gasteiger partial charge on any atom is -0.508 e. The first-order valence-corrected chi connectivity index (χ1v) is 5.45. The minimum atomic E-state index is -4.74. The van der Waals surface area contributed by atoms with Crippen molar-refractivity contribution in [3.8, 4) is 16.9 Å². The fourth-order valence-corrected chi connectivity index (χ4v) is 1.85. The van der Waals surface area contributed by atoms with Crippen molar-refractivity contribution in [3.63, 3.8) is 0 Å². The first kappa shape index (κ1) is 13.4. The number of hydrogen-bond acceptors (Lipinski definition) is 1. The Morgan fingerprint density at radius 1 is 0.947 bits per heavy atom. The van der Waals surface area contributed by atoms with E-state index in [0.717, 1.165) is 12.1 Å². The summed E-state index contributed by atoms with van der Waals surface area (Å²) in [6.07, 6.45) is -4.74. The third-order valence-electron chi connectivity index (χ3n) is 2.67. The van der Waals surface area contributed by atoms with Crippen molar-refractivity contribution in [3.05, 3.63) is 53.3 Å². The van der Waals surface area contributed by atoms with Crippen molar-refractivity contribution >= 4 is 0 Å². The van der Waals surface area contributed by atoms with Gasteiger partial charge in [0.15, 0.2) is 0 Å². The lowest BCUT2D eigenvalue weighted by Gasteiger charge is -2.11. The Hall–Kier alpha value is -2.04. The molecule has 0 spiro atoms. The van der Waals surface area contributed by atoms with Gasteiger partial charge in [0.05, 0.1) is 5.56 Å². The molecule has 19 heavy (non-hydrogen) atoms. The number of alkyl halides is 3. The highest BCUT2D eigenvalue weighted by molar-refractivity contribution is 5.67.